The van der Waals surface area contributed by atoms with Crippen molar-refractivity contribution in [3.63, 3.8) is 0 Å². The minimum atomic E-state index is -0.763. The van der Waals surface area contributed by atoms with Crippen molar-refractivity contribution in [2.45, 2.75) is 18.9 Å². The van der Waals surface area contributed by atoms with Gasteiger partial charge in [0, 0.05) is 31.7 Å². The summed E-state index contributed by atoms with van der Waals surface area (Å²) in [5.74, 6) is 0.871. The molecule has 1 rings (SSSR count). The number of nitrogens with zero attached hydrogens (tertiary/aromatic N) is 1. The third kappa shape index (κ3) is 4.51. The molecule has 0 radical (unpaired) electrons. The summed E-state index contributed by atoms with van der Waals surface area (Å²) >= 11 is 1.30. The second-order valence-electron chi connectivity index (χ2n) is 3.77. The molecule has 0 aromatic heterocycles. The van der Waals surface area contributed by atoms with E-state index in [-0.39, 0.29) is 18.3 Å². The van der Waals surface area contributed by atoms with E-state index in [0.29, 0.717) is 37.4 Å². The van der Waals surface area contributed by atoms with Crippen molar-refractivity contribution in [1.82, 2.24) is 4.90 Å². The number of piperidine rings is 1. The molecule has 1 unspecified atom stereocenters. The van der Waals surface area contributed by atoms with Crippen LogP contribution >= 0.6 is 11.8 Å². The molecule has 0 aromatic carbocycles. The Balaban J connectivity index is 2.17. The molecule has 92 valence electrons. The Labute approximate surface area is 98.8 Å². The van der Waals surface area contributed by atoms with E-state index in [0.717, 1.165) is 0 Å². The van der Waals surface area contributed by atoms with Crippen molar-refractivity contribution in [3.05, 3.63) is 0 Å². The molecule has 1 aliphatic heterocycles. The van der Waals surface area contributed by atoms with Crippen molar-refractivity contribution in [2.75, 3.05) is 31.2 Å². The monoisotopic (exact) mass is 247 g/mol. The molecule has 1 amide bonds. The van der Waals surface area contributed by atoms with Crippen LogP contribution in [-0.4, -0.2) is 64.1 Å². The lowest BCUT2D eigenvalue weighted by atomic mass is 10.1. The van der Waals surface area contributed by atoms with Gasteiger partial charge >= 0.3 is 0 Å². The van der Waals surface area contributed by atoms with E-state index in [2.05, 4.69) is 0 Å². The van der Waals surface area contributed by atoms with Gasteiger partial charge in [0.1, 0.15) is 5.78 Å². The number of likely N-dealkylation sites (tertiary alicyclic amines) is 1. The highest BCUT2D eigenvalue weighted by molar-refractivity contribution is 7.99. The molecule has 16 heavy (non-hydrogen) atoms. The summed E-state index contributed by atoms with van der Waals surface area (Å²) in [4.78, 5) is 24.3. The van der Waals surface area contributed by atoms with Crippen LogP contribution in [0.15, 0.2) is 0 Å². The average Bonchev–Trinajstić information content (AvgIpc) is 2.29. The van der Waals surface area contributed by atoms with E-state index in [1.807, 2.05) is 0 Å². The van der Waals surface area contributed by atoms with Crippen molar-refractivity contribution >= 4 is 23.5 Å². The van der Waals surface area contributed by atoms with Crippen molar-refractivity contribution in [3.8, 4) is 0 Å². The standard InChI is InChI=1S/C10H17NO4S/c12-5-9(14)6-16-7-10(15)11-3-1-8(13)2-4-11/h9,12,14H,1-7H2. The summed E-state index contributed by atoms with van der Waals surface area (Å²) in [7, 11) is 0. The van der Waals surface area contributed by atoms with E-state index >= 15 is 0 Å². The van der Waals surface area contributed by atoms with Crippen LogP contribution in [0.1, 0.15) is 12.8 Å². The number of amides is 1. The molecule has 5 nitrogen and oxygen atoms in total. The minimum absolute atomic E-state index is 0.00244. The number of carbonyl (C=O) groups excluding carboxylic acids is 2. The molecule has 1 heterocycles. The summed E-state index contributed by atoms with van der Waals surface area (Å²) in [5.41, 5.74) is 0. The number of hydrogen-bond donors (Lipinski definition) is 2. The zero-order chi connectivity index (χ0) is 12.0. The molecular formula is C10H17NO4S. The second kappa shape index (κ2) is 6.88. The zero-order valence-corrected chi connectivity index (χ0v) is 9.91. The van der Waals surface area contributed by atoms with Gasteiger partial charge in [0.15, 0.2) is 0 Å². The van der Waals surface area contributed by atoms with Crippen LogP contribution in [0.5, 0.6) is 0 Å². The van der Waals surface area contributed by atoms with E-state index in [9.17, 15) is 9.59 Å². The predicted molar refractivity (Wildman–Crippen MR) is 61.2 cm³/mol. The first kappa shape index (κ1) is 13.5. The fraction of sp³-hybridized carbons (Fsp3) is 0.800. The predicted octanol–water partition coefficient (Wildman–Crippen LogP) is -0.736. The van der Waals surface area contributed by atoms with Crippen LogP contribution in [0.25, 0.3) is 0 Å². The smallest absolute Gasteiger partial charge is 0.232 e. The third-order valence-corrected chi connectivity index (χ3v) is 3.49. The first-order valence-electron chi connectivity index (χ1n) is 5.29. The highest BCUT2D eigenvalue weighted by Crippen LogP contribution is 2.10. The largest absolute Gasteiger partial charge is 0.394 e. The second-order valence-corrected chi connectivity index (χ2v) is 4.80. The van der Waals surface area contributed by atoms with Gasteiger partial charge in [0.05, 0.1) is 18.5 Å². The van der Waals surface area contributed by atoms with E-state index in [1.165, 1.54) is 11.8 Å². The van der Waals surface area contributed by atoms with Crippen molar-refractivity contribution in [1.29, 1.82) is 0 Å². The minimum Gasteiger partial charge on any atom is -0.394 e. The molecule has 0 bridgehead atoms. The fourth-order valence-electron chi connectivity index (χ4n) is 1.43. The summed E-state index contributed by atoms with van der Waals surface area (Å²) in [6, 6.07) is 0. The topological polar surface area (TPSA) is 77.8 Å². The summed E-state index contributed by atoms with van der Waals surface area (Å²) in [6.07, 6.45) is 0.145. The number of carbonyl (C=O) groups is 2. The lowest BCUT2D eigenvalue weighted by molar-refractivity contribution is -0.132. The van der Waals surface area contributed by atoms with Gasteiger partial charge in [-0.15, -0.1) is 11.8 Å². The van der Waals surface area contributed by atoms with Crippen molar-refractivity contribution < 1.29 is 19.8 Å². The fourth-order valence-corrected chi connectivity index (χ4v) is 2.28. The Morgan fingerprint density at radius 2 is 2.06 bits per heavy atom. The van der Waals surface area contributed by atoms with Gasteiger partial charge in [-0.2, -0.15) is 0 Å². The van der Waals surface area contributed by atoms with Gasteiger partial charge in [0.2, 0.25) is 5.91 Å². The number of aliphatic hydroxyl groups is 2. The number of Topliss-reactive ketones (excluding diaryl/α,β-unsaturated/α-hetero) is 1. The molecule has 0 aliphatic carbocycles. The molecule has 0 aromatic rings. The van der Waals surface area contributed by atoms with E-state index in [4.69, 9.17) is 10.2 Å². The molecule has 1 atom stereocenters. The highest BCUT2D eigenvalue weighted by Gasteiger charge is 2.20. The maximum atomic E-state index is 11.6. The zero-order valence-electron chi connectivity index (χ0n) is 9.09. The average molecular weight is 247 g/mol. The number of thioether (sulfide) groups is 1. The first-order valence-corrected chi connectivity index (χ1v) is 6.45. The Morgan fingerprint density at radius 1 is 1.44 bits per heavy atom. The van der Waals surface area contributed by atoms with Gasteiger partial charge in [-0.05, 0) is 0 Å². The normalized spacial score (nSPS) is 18.6. The van der Waals surface area contributed by atoms with Crippen LogP contribution in [0, 0.1) is 0 Å². The number of hydrogen-bond acceptors (Lipinski definition) is 5. The molecular weight excluding hydrogens is 230 g/mol. The molecule has 6 heteroatoms. The lowest BCUT2D eigenvalue weighted by Crippen LogP contribution is -2.39. The van der Waals surface area contributed by atoms with Crippen LogP contribution < -0.4 is 0 Å². The molecule has 1 aliphatic rings. The molecule has 2 N–H and O–H groups in total. The van der Waals surface area contributed by atoms with Gasteiger partial charge < -0.3 is 15.1 Å². The molecule has 0 saturated carbocycles. The summed E-state index contributed by atoms with van der Waals surface area (Å²) in [6.45, 7) is 0.751. The SMILES string of the molecule is O=C1CCN(C(=O)CSCC(O)CO)CC1. The van der Waals surface area contributed by atoms with Crippen LogP contribution in [0.3, 0.4) is 0 Å². The van der Waals surface area contributed by atoms with E-state index < -0.39 is 6.10 Å². The Kier molecular flexibility index (Phi) is 5.79. The van der Waals surface area contributed by atoms with Crippen molar-refractivity contribution in [2.24, 2.45) is 0 Å². The van der Waals surface area contributed by atoms with Gasteiger partial charge in [0.25, 0.3) is 0 Å². The first-order chi connectivity index (χ1) is 7.63. The van der Waals surface area contributed by atoms with Gasteiger partial charge in [-0.25, -0.2) is 0 Å². The highest BCUT2D eigenvalue weighted by atomic mass is 32.2. The maximum absolute atomic E-state index is 11.6. The summed E-state index contributed by atoms with van der Waals surface area (Å²) in [5, 5.41) is 17.7. The van der Waals surface area contributed by atoms with E-state index in [1.54, 1.807) is 4.90 Å². The van der Waals surface area contributed by atoms with Gasteiger partial charge in [-0.3, -0.25) is 9.59 Å². The molecule has 0 spiro atoms. The molecule has 1 fully saturated rings. The number of ketones is 1. The summed E-state index contributed by atoms with van der Waals surface area (Å²) < 4.78 is 0. The van der Waals surface area contributed by atoms with Crippen LogP contribution in [0.4, 0.5) is 0 Å². The van der Waals surface area contributed by atoms with Crippen LogP contribution in [-0.2, 0) is 9.59 Å². The van der Waals surface area contributed by atoms with Gasteiger partial charge in [-0.1, -0.05) is 0 Å². The number of aliphatic hydroxyl groups excluding tert-OH is 2. The van der Waals surface area contributed by atoms with Crippen LogP contribution in [0.2, 0.25) is 0 Å². The number of rotatable bonds is 5. The Hall–Kier alpha value is -0.590. The lowest BCUT2D eigenvalue weighted by Gasteiger charge is -2.26. The maximum Gasteiger partial charge on any atom is 0.232 e. The third-order valence-electron chi connectivity index (χ3n) is 2.42. The Bertz CT molecular complexity index is 249. The molecule has 1 saturated heterocycles. The quantitative estimate of drug-likeness (QED) is 0.669. The Morgan fingerprint density at radius 3 is 2.62 bits per heavy atom.